The van der Waals surface area contributed by atoms with Crippen LogP contribution >= 0.6 is 0 Å². The summed E-state index contributed by atoms with van der Waals surface area (Å²) in [5, 5.41) is 10.3. The molecule has 1 aliphatic rings. The van der Waals surface area contributed by atoms with Gasteiger partial charge in [-0.25, -0.2) is 8.42 Å². The molecule has 0 radical (unpaired) electrons. The van der Waals surface area contributed by atoms with E-state index in [1.165, 1.54) is 0 Å². The van der Waals surface area contributed by atoms with Crippen molar-refractivity contribution in [2.75, 3.05) is 44.9 Å². The zero-order chi connectivity index (χ0) is 13.6. The molecule has 0 unspecified atom stereocenters. The smallest absolute Gasteiger partial charge is 0.150 e. The Balaban J connectivity index is 2.26. The van der Waals surface area contributed by atoms with Crippen LogP contribution in [0.3, 0.4) is 0 Å². The Morgan fingerprint density at radius 1 is 1.33 bits per heavy atom. The van der Waals surface area contributed by atoms with E-state index in [-0.39, 0.29) is 11.5 Å². The minimum Gasteiger partial charge on any atom is -0.388 e. The van der Waals surface area contributed by atoms with Crippen LogP contribution in [0.4, 0.5) is 0 Å². The highest BCUT2D eigenvalue weighted by Crippen LogP contribution is 2.21. The van der Waals surface area contributed by atoms with Crippen LogP contribution in [0, 0.1) is 0 Å². The van der Waals surface area contributed by atoms with Crippen molar-refractivity contribution >= 4 is 9.84 Å². The molecule has 0 amide bonds. The third-order valence-electron chi connectivity index (χ3n) is 3.42. The van der Waals surface area contributed by atoms with E-state index in [0.717, 1.165) is 0 Å². The zero-order valence-corrected chi connectivity index (χ0v) is 12.2. The predicted molar refractivity (Wildman–Crippen MR) is 71.4 cm³/mol. The van der Waals surface area contributed by atoms with Crippen molar-refractivity contribution in [3.8, 4) is 0 Å². The van der Waals surface area contributed by atoms with Gasteiger partial charge in [-0.3, -0.25) is 0 Å². The molecule has 0 aromatic heterocycles. The van der Waals surface area contributed by atoms with E-state index in [1.807, 2.05) is 11.9 Å². The van der Waals surface area contributed by atoms with Crippen LogP contribution in [-0.2, 0) is 14.6 Å². The second-order valence-electron chi connectivity index (χ2n) is 5.16. The van der Waals surface area contributed by atoms with Crippen LogP contribution in [0.5, 0.6) is 0 Å². The monoisotopic (exact) mass is 279 g/mol. The largest absolute Gasteiger partial charge is 0.388 e. The van der Waals surface area contributed by atoms with Gasteiger partial charge < -0.3 is 14.7 Å². The first-order chi connectivity index (χ1) is 8.37. The number of ether oxygens (including phenoxy) is 1. The zero-order valence-electron chi connectivity index (χ0n) is 11.4. The topological polar surface area (TPSA) is 66.8 Å². The Hall–Kier alpha value is -0.170. The van der Waals surface area contributed by atoms with Gasteiger partial charge in [-0.2, -0.15) is 0 Å². The molecule has 5 nitrogen and oxygen atoms in total. The molecule has 0 atom stereocenters. The van der Waals surface area contributed by atoms with Crippen LogP contribution in [0.1, 0.15) is 26.2 Å². The molecule has 0 aromatic rings. The lowest BCUT2D eigenvalue weighted by molar-refractivity contribution is -0.0767. The number of aliphatic hydroxyl groups is 1. The van der Waals surface area contributed by atoms with Crippen molar-refractivity contribution in [2.45, 2.75) is 31.8 Å². The van der Waals surface area contributed by atoms with Crippen molar-refractivity contribution in [2.24, 2.45) is 0 Å². The standard InChI is InChI=1S/C12H25NO4S/c1-3-18(15,16)10-4-7-13(2)11-12(14)5-8-17-9-6-12/h14H,3-11H2,1-2H3. The fraction of sp³-hybridized carbons (Fsp3) is 1.00. The lowest BCUT2D eigenvalue weighted by Gasteiger charge is -2.35. The SMILES string of the molecule is CCS(=O)(=O)CCCN(C)CC1(O)CCOCC1. The van der Waals surface area contributed by atoms with Gasteiger partial charge in [0.25, 0.3) is 0 Å². The van der Waals surface area contributed by atoms with Gasteiger partial charge >= 0.3 is 0 Å². The highest BCUT2D eigenvalue weighted by atomic mass is 32.2. The molecule has 1 saturated heterocycles. The van der Waals surface area contributed by atoms with Crippen LogP contribution < -0.4 is 0 Å². The molecule has 0 spiro atoms. The minimum atomic E-state index is -2.87. The van der Waals surface area contributed by atoms with Crippen LogP contribution in [0.15, 0.2) is 0 Å². The maximum absolute atomic E-state index is 11.3. The van der Waals surface area contributed by atoms with Gasteiger partial charge in [0, 0.05) is 38.4 Å². The molecule has 0 aliphatic carbocycles. The summed E-state index contributed by atoms with van der Waals surface area (Å²) in [6, 6.07) is 0. The Kier molecular flexibility index (Phi) is 6.04. The second-order valence-corrected chi connectivity index (χ2v) is 7.64. The first-order valence-corrected chi connectivity index (χ1v) is 8.38. The van der Waals surface area contributed by atoms with Crippen molar-refractivity contribution in [3.63, 3.8) is 0 Å². The molecule has 0 saturated carbocycles. The van der Waals surface area contributed by atoms with Gasteiger partial charge in [-0.05, 0) is 20.0 Å². The molecular formula is C12H25NO4S. The first-order valence-electron chi connectivity index (χ1n) is 6.56. The van der Waals surface area contributed by atoms with E-state index >= 15 is 0 Å². The number of hydrogen-bond donors (Lipinski definition) is 1. The first kappa shape index (κ1) is 15.9. The predicted octanol–water partition coefficient (Wildman–Crippen LogP) is 0.284. The Morgan fingerprint density at radius 3 is 2.50 bits per heavy atom. The maximum Gasteiger partial charge on any atom is 0.150 e. The van der Waals surface area contributed by atoms with Gasteiger partial charge in [0.15, 0.2) is 0 Å². The second kappa shape index (κ2) is 6.84. The van der Waals surface area contributed by atoms with Crippen LogP contribution in [-0.4, -0.2) is 68.9 Å². The highest BCUT2D eigenvalue weighted by Gasteiger charge is 2.30. The van der Waals surface area contributed by atoms with E-state index in [0.29, 0.717) is 45.6 Å². The normalized spacial score (nSPS) is 20.2. The van der Waals surface area contributed by atoms with E-state index in [4.69, 9.17) is 4.74 Å². The molecule has 1 fully saturated rings. The van der Waals surface area contributed by atoms with Gasteiger partial charge in [-0.15, -0.1) is 0 Å². The number of rotatable bonds is 7. The van der Waals surface area contributed by atoms with Crippen molar-refractivity contribution in [1.29, 1.82) is 0 Å². The highest BCUT2D eigenvalue weighted by molar-refractivity contribution is 7.91. The molecule has 0 aromatic carbocycles. The molecular weight excluding hydrogens is 254 g/mol. The van der Waals surface area contributed by atoms with E-state index in [9.17, 15) is 13.5 Å². The van der Waals surface area contributed by atoms with Crippen molar-refractivity contribution < 1.29 is 18.3 Å². The number of nitrogens with zero attached hydrogens (tertiary/aromatic N) is 1. The molecule has 0 bridgehead atoms. The third kappa shape index (κ3) is 5.65. The van der Waals surface area contributed by atoms with Crippen LogP contribution in [0.25, 0.3) is 0 Å². The van der Waals surface area contributed by atoms with Crippen LogP contribution in [0.2, 0.25) is 0 Å². The van der Waals surface area contributed by atoms with Gasteiger partial charge in [-0.1, -0.05) is 6.92 Å². The number of likely N-dealkylation sites (N-methyl/N-ethyl adjacent to an activating group) is 1. The summed E-state index contributed by atoms with van der Waals surface area (Å²) in [5.74, 6) is 0.438. The lowest BCUT2D eigenvalue weighted by Crippen LogP contribution is -2.46. The summed E-state index contributed by atoms with van der Waals surface area (Å²) in [5.41, 5.74) is -0.670. The van der Waals surface area contributed by atoms with Crippen molar-refractivity contribution in [3.05, 3.63) is 0 Å². The summed E-state index contributed by atoms with van der Waals surface area (Å²) >= 11 is 0. The molecule has 18 heavy (non-hydrogen) atoms. The Morgan fingerprint density at radius 2 is 1.94 bits per heavy atom. The molecule has 1 heterocycles. The minimum absolute atomic E-state index is 0.206. The number of sulfone groups is 1. The Labute approximate surface area is 110 Å². The third-order valence-corrected chi connectivity index (χ3v) is 5.21. The van der Waals surface area contributed by atoms with Gasteiger partial charge in [0.05, 0.1) is 11.4 Å². The van der Waals surface area contributed by atoms with E-state index in [1.54, 1.807) is 6.92 Å². The van der Waals surface area contributed by atoms with Gasteiger partial charge in [0.2, 0.25) is 0 Å². The average molecular weight is 279 g/mol. The number of hydrogen-bond acceptors (Lipinski definition) is 5. The summed E-state index contributed by atoms with van der Waals surface area (Å²) in [4.78, 5) is 2.01. The lowest BCUT2D eigenvalue weighted by atomic mass is 9.94. The summed E-state index contributed by atoms with van der Waals surface area (Å²) < 4.78 is 27.9. The molecule has 6 heteroatoms. The fourth-order valence-electron chi connectivity index (χ4n) is 2.19. The van der Waals surface area contributed by atoms with Crippen molar-refractivity contribution in [1.82, 2.24) is 4.90 Å². The maximum atomic E-state index is 11.3. The quantitative estimate of drug-likeness (QED) is 0.725. The molecule has 1 N–H and O–H groups in total. The summed E-state index contributed by atoms with van der Waals surface area (Å²) in [6.07, 6.45) is 1.94. The average Bonchev–Trinajstić information content (AvgIpc) is 2.29. The molecule has 1 aliphatic heterocycles. The molecule has 1 rings (SSSR count). The summed E-state index contributed by atoms with van der Waals surface area (Å²) in [6.45, 7) is 4.16. The molecule has 108 valence electrons. The summed E-state index contributed by atoms with van der Waals surface area (Å²) in [7, 11) is -0.950. The Bertz CT molecular complexity index is 336. The van der Waals surface area contributed by atoms with E-state index < -0.39 is 15.4 Å². The fourth-order valence-corrected chi connectivity index (χ4v) is 3.05. The van der Waals surface area contributed by atoms with E-state index in [2.05, 4.69) is 0 Å². The van der Waals surface area contributed by atoms with Gasteiger partial charge in [0.1, 0.15) is 9.84 Å².